The minimum atomic E-state index is -1.26. The first-order chi connectivity index (χ1) is 17.7. The zero-order chi connectivity index (χ0) is 26.8. The number of anilines is 1. The first kappa shape index (κ1) is 27.7. The molecule has 2 amide bonds. The van der Waals surface area contributed by atoms with E-state index >= 15 is 0 Å². The molecule has 2 heterocycles. The molecule has 0 saturated carbocycles. The molecule has 2 saturated heterocycles. The van der Waals surface area contributed by atoms with Crippen LogP contribution in [0.3, 0.4) is 0 Å². The maximum atomic E-state index is 12.9. The van der Waals surface area contributed by atoms with Crippen LogP contribution in [0.15, 0.2) is 66.7 Å². The first-order valence-corrected chi connectivity index (χ1v) is 12.1. The molecule has 37 heavy (non-hydrogen) atoms. The average Bonchev–Trinajstić information content (AvgIpc) is 3.27. The van der Waals surface area contributed by atoms with E-state index in [4.69, 9.17) is 21.8 Å². The second-order valence-corrected chi connectivity index (χ2v) is 9.09. The number of halogens is 1. The molecule has 0 aromatic heterocycles. The number of hydrazine groups is 1. The predicted octanol–water partition coefficient (Wildman–Crippen LogP) is 2.44. The maximum Gasteiger partial charge on any atom is 0.328 e. The van der Waals surface area contributed by atoms with Gasteiger partial charge in [-0.05, 0) is 42.7 Å². The summed E-state index contributed by atoms with van der Waals surface area (Å²) in [5.41, 5.74) is 4.83. The molecule has 11 heteroatoms. The van der Waals surface area contributed by atoms with Gasteiger partial charge in [-0.2, -0.15) is 0 Å². The van der Waals surface area contributed by atoms with Crippen molar-refractivity contribution in [1.29, 1.82) is 0 Å². The van der Waals surface area contributed by atoms with E-state index in [-0.39, 0.29) is 24.3 Å². The zero-order valence-electron chi connectivity index (χ0n) is 20.0. The standard InChI is InChI=1S/C22H25ClN4O2.C4H4O4/c23-17-6-8-19(9-7-17)27-20(14-21(28)25-27)22(29)24-18-10-12-26(13-11-18)15-16-4-2-1-3-5-16;5-3(6)1-2-4(7)8/h1-9,18,20H,10-15H2,(H,24,29)(H,25,28);1-2H,(H,5,6)(H,7,8)/b;2-1-. The molecule has 2 aliphatic heterocycles. The van der Waals surface area contributed by atoms with Crippen molar-refractivity contribution in [2.45, 2.75) is 37.9 Å². The van der Waals surface area contributed by atoms with Gasteiger partial charge in [0.1, 0.15) is 6.04 Å². The molecule has 4 rings (SSSR count). The van der Waals surface area contributed by atoms with Crippen molar-refractivity contribution in [2.24, 2.45) is 0 Å². The molecule has 0 bridgehead atoms. The van der Waals surface area contributed by atoms with E-state index in [0.717, 1.165) is 38.2 Å². The lowest BCUT2D eigenvalue weighted by Crippen LogP contribution is -2.52. The Hall–Kier alpha value is -3.89. The van der Waals surface area contributed by atoms with Crippen molar-refractivity contribution in [3.05, 3.63) is 77.3 Å². The largest absolute Gasteiger partial charge is 0.478 e. The van der Waals surface area contributed by atoms with Crippen LogP contribution >= 0.6 is 11.6 Å². The van der Waals surface area contributed by atoms with Crippen LogP contribution in [-0.4, -0.2) is 64.0 Å². The van der Waals surface area contributed by atoms with E-state index in [0.29, 0.717) is 17.2 Å². The number of benzene rings is 2. The molecular weight excluding hydrogens is 500 g/mol. The van der Waals surface area contributed by atoms with Crippen molar-refractivity contribution < 1.29 is 29.4 Å². The van der Waals surface area contributed by atoms with Gasteiger partial charge in [0.2, 0.25) is 11.8 Å². The van der Waals surface area contributed by atoms with Crippen molar-refractivity contribution in [3.8, 4) is 0 Å². The molecule has 10 nitrogen and oxygen atoms in total. The summed E-state index contributed by atoms with van der Waals surface area (Å²) in [7, 11) is 0. The Balaban J connectivity index is 0.000000414. The van der Waals surface area contributed by atoms with E-state index in [9.17, 15) is 19.2 Å². The normalized spacial score (nSPS) is 18.1. The summed E-state index contributed by atoms with van der Waals surface area (Å²) in [5.74, 6) is -2.78. The molecule has 2 fully saturated rings. The fourth-order valence-electron chi connectivity index (χ4n) is 4.10. The summed E-state index contributed by atoms with van der Waals surface area (Å²) < 4.78 is 0. The number of nitrogens with one attached hydrogen (secondary N) is 2. The van der Waals surface area contributed by atoms with E-state index < -0.39 is 18.0 Å². The highest BCUT2D eigenvalue weighted by atomic mass is 35.5. The number of hydrogen-bond acceptors (Lipinski definition) is 6. The smallest absolute Gasteiger partial charge is 0.328 e. The van der Waals surface area contributed by atoms with Gasteiger partial charge in [0, 0.05) is 42.9 Å². The minimum absolute atomic E-state index is 0.111. The maximum absolute atomic E-state index is 12.9. The van der Waals surface area contributed by atoms with Crippen LogP contribution in [0, 0.1) is 0 Å². The highest BCUT2D eigenvalue weighted by molar-refractivity contribution is 6.30. The molecule has 196 valence electrons. The Kier molecular flexibility index (Phi) is 10.0. The molecule has 0 spiro atoms. The third-order valence-electron chi connectivity index (χ3n) is 5.89. The third kappa shape index (κ3) is 8.93. The molecule has 2 aliphatic rings. The van der Waals surface area contributed by atoms with Crippen LogP contribution in [0.25, 0.3) is 0 Å². The second-order valence-electron chi connectivity index (χ2n) is 8.66. The second kappa shape index (κ2) is 13.4. The van der Waals surface area contributed by atoms with E-state index in [1.165, 1.54) is 5.56 Å². The number of amides is 2. The van der Waals surface area contributed by atoms with Gasteiger partial charge in [0.15, 0.2) is 0 Å². The molecule has 4 N–H and O–H groups in total. The summed E-state index contributed by atoms with van der Waals surface area (Å²) in [5, 5.41) is 21.0. The van der Waals surface area contributed by atoms with E-state index in [1.807, 2.05) is 6.07 Å². The van der Waals surface area contributed by atoms with Gasteiger partial charge in [-0.3, -0.25) is 24.9 Å². The quantitative estimate of drug-likeness (QED) is 0.402. The number of carbonyl (C=O) groups is 4. The van der Waals surface area contributed by atoms with Crippen LogP contribution in [0.4, 0.5) is 5.69 Å². The fourth-order valence-corrected chi connectivity index (χ4v) is 4.22. The Morgan fingerprint density at radius 2 is 1.57 bits per heavy atom. The monoisotopic (exact) mass is 528 g/mol. The summed E-state index contributed by atoms with van der Waals surface area (Å²) in [4.78, 5) is 46.4. The number of nitrogens with zero attached hydrogens (tertiary/aromatic N) is 2. The van der Waals surface area contributed by atoms with Gasteiger partial charge in [-0.25, -0.2) is 9.59 Å². The van der Waals surface area contributed by atoms with Crippen LogP contribution in [0.2, 0.25) is 5.02 Å². The number of rotatable bonds is 7. The zero-order valence-corrected chi connectivity index (χ0v) is 20.8. The van der Waals surface area contributed by atoms with Crippen molar-refractivity contribution >= 4 is 41.0 Å². The lowest BCUT2D eigenvalue weighted by molar-refractivity contribution is -0.134. The fraction of sp³-hybridized carbons (Fsp3) is 0.308. The Labute approximate surface area is 219 Å². The molecule has 2 aromatic carbocycles. The van der Waals surface area contributed by atoms with E-state index in [1.54, 1.807) is 29.3 Å². The van der Waals surface area contributed by atoms with Crippen molar-refractivity contribution in [2.75, 3.05) is 18.1 Å². The average molecular weight is 529 g/mol. The number of piperidine rings is 1. The number of carbonyl (C=O) groups excluding carboxylic acids is 2. The highest BCUT2D eigenvalue weighted by Crippen LogP contribution is 2.23. The molecule has 2 aromatic rings. The number of hydrogen-bond donors (Lipinski definition) is 4. The lowest BCUT2D eigenvalue weighted by Gasteiger charge is -2.33. The number of carboxylic acids is 2. The Morgan fingerprint density at radius 3 is 2.14 bits per heavy atom. The third-order valence-corrected chi connectivity index (χ3v) is 6.15. The molecule has 0 aliphatic carbocycles. The highest BCUT2D eigenvalue weighted by Gasteiger charge is 2.37. The van der Waals surface area contributed by atoms with Gasteiger partial charge in [-0.15, -0.1) is 0 Å². The molecule has 0 radical (unpaired) electrons. The summed E-state index contributed by atoms with van der Waals surface area (Å²) in [6.07, 6.45) is 3.09. The van der Waals surface area contributed by atoms with Crippen LogP contribution in [0.5, 0.6) is 0 Å². The lowest BCUT2D eigenvalue weighted by atomic mass is 10.0. The molecule has 1 unspecified atom stereocenters. The topological polar surface area (TPSA) is 139 Å². The number of carboxylic acid groups (broad SMARTS) is 2. The minimum Gasteiger partial charge on any atom is -0.478 e. The Bertz CT molecular complexity index is 1100. The Morgan fingerprint density at radius 1 is 0.973 bits per heavy atom. The van der Waals surface area contributed by atoms with Gasteiger partial charge >= 0.3 is 11.9 Å². The summed E-state index contributed by atoms with van der Waals surface area (Å²) in [6.45, 7) is 2.83. The summed E-state index contributed by atoms with van der Waals surface area (Å²) in [6, 6.07) is 17.1. The number of likely N-dealkylation sites (tertiary alicyclic amines) is 1. The predicted molar refractivity (Wildman–Crippen MR) is 138 cm³/mol. The van der Waals surface area contributed by atoms with Gasteiger partial charge in [-0.1, -0.05) is 41.9 Å². The van der Waals surface area contributed by atoms with Gasteiger partial charge in [0.05, 0.1) is 12.1 Å². The van der Waals surface area contributed by atoms with Crippen molar-refractivity contribution in [1.82, 2.24) is 15.6 Å². The SMILES string of the molecule is O=C(O)/C=C\C(=O)O.O=C1CC(C(=O)NC2CCN(Cc3ccccc3)CC2)N(c2ccc(Cl)cc2)N1. The van der Waals surface area contributed by atoms with Crippen molar-refractivity contribution in [3.63, 3.8) is 0 Å². The van der Waals surface area contributed by atoms with E-state index in [2.05, 4.69) is 39.9 Å². The number of aliphatic carboxylic acids is 2. The molecule has 1 atom stereocenters. The van der Waals surface area contributed by atoms with Crippen LogP contribution in [0.1, 0.15) is 24.8 Å². The first-order valence-electron chi connectivity index (χ1n) is 11.8. The van der Waals surface area contributed by atoms with Crippen LogP contribution in [-0.2, 0) is 25.7 Å². The summed E-state index contributed by atoms with van der Waals surface area (Å²) >= 11 is 5.95. The van der Waals surface area contributed by atoms with Gasteiger partial charge < -0.3 is 15.5 Å². The van der Waals surface area contributed by atoms with Crippen LogP contribution < -0.4 is 15.8 Å². The van der Waals surface area contributed by atoms with Gasteiger partial charge in [0.25, 0.3) is 0 Å². The molecular formula is C26H29ClN4O6.